The molecule has 0 heterocycles. The van der Waals surface area contributed by atoms with E-state index in [1.165, 1.54) is 0 Å². The van der Waals surface area contributed by atoms with Gasteiger partial charge in [0.1, 0.15) is 0 Å². The van der Waals surface area contributed by atoms with E-state index in [0.29, 0.717) is 0 Å². The van der Waals surface area contributed by atoms with Gasteiger partial charge in [-0.2, -0.15) is 0 Å². The zero-order valence-corrected chi connectivity index (χ0v) is 7.65. The van der Waals surface area contributed by atoms with Crippen LogP contribution in [0.3, 0.4) is 0 Å². The van der Waals surface area contributed by atoms with Crippen LogP contribution < -0.4 is 0 Å². The van der Waals surface area contributed by atoms with Crippen LogP contribution in [0.5, 0.6) is 0 Å². The van der Waals surface area contributed by atoms with Crippen LogP contribution in [0.25, 0.3) is 0 Å². The monoisotopic (exact) mass is 438 g/mol. The van der Waals surface area contributed by atoms with Crippen LogP contribution in [-0.2, 0) is 33.8 Å². The van der Waals surface area contributed by atoms with E-state index in [4.69, 9.17) is 0 Å². The largest absolute Gasteiger partial charge is 0 e. The van der Waals surface area contributed by atoms with Crippen LogP contribution in [0.2, 0.25) is 0 Å². The summed E-state index contributed by atoms with van der Waals surface area (Å²) in [6.45, 7) is 0. The van der Waals surface area contributed by atoms with Crippen molar-refractivity contribution in [2.45, 2.75) is 0 Å². The second-order valence-corrected chi connectivity index (χ2v) is 0. The number of rotatable bonds is 0. The van der Waals surface area contributed by atoms with Gasteiger partial charge in [-0.25, -0.2) is 0 Å². The Kier molecular flexibility index (Phi) is 102. The maximum absolute atomic E-state index is 0. The van der Waals surface area contributed by atoms with Crippen LogP contribution in [0.15, 0.2) is 0 Å². The first-order valence-electron chi connectivity index (χ1n) is 0. The molecule has 0 spiro atoms. The maximum atomic E-state index is 0. The molecule has 0 rings (SSSR count). The van der Waals surface area contributed by atoms with Crippen molar-refractivity contribution in [3.8, 4) is 0 Å². The summed E-state index contributed by atoms with van der Waals surface area (Å²) in [5.41, 5.74) is 0. The molecule has 0 unspecified atom stereocenters. The van der Waals surface area contributed by atoms with Gasteiger partial charge in [0, 0.05) is 111 Å². The standard InChI is InChI=1S/Co.Dy.Fe.Tb. The molecular weight excluding hydrogens is 436 g/mol. The van der Waals surface area contributed by atoms with E-state index in [1.807, 2.05) is 0 Å². The summed E-state index contributed by atoms with van der Waals surface area (Å²) in [7, 11) is 0. The minimum absolute atomic E-state index is 0. The Morgan fingerprint density at radius 1 is 1.00 bits per heavy atom. The molecule has 2 radical (unpaired) electrons. The molecule has 0 saturated carbocycles. The molecule has 0 aromatic rings. The molecular formula is CoDyFeTb. The molecule has 0 nitrogen and oxygen atoms in total. The summed E-state index contributed by atoms with van der Waals surface area (Å²) in [5, 5.41) is 0. The maximum Gasteiger partial charge on any atom is 0 e. The van der Waals surface area contributed by atoms with E-state index >= 15 is 0 Å². The van der Waals surface area contributed by atoms with Crippen molar-refractivity contribution in [3.05, 3.63) is 0 Å². The van der Waals surface area contributed by atoms with Crippen molar-refractivity contribution in [1.82, 2.24) is 0 Å². The molecule has 0 N–H and O–H groups in total. The molecule has 0 aliphatic carbocycles. The van der Waals surface area contributed by atoms with Gasteiger partial charge in [0.15, 0.2) is 0 Å². The summed E-state index contributed by atoms with van der Waals surface area (Å²) < 4.78 is 0. The fourth-order valence-corrected chi connectivity index (χ4v) is 0. The van der Waals surface area contributed by atoms with Gasteiger partial charge in [0.2, 0.25) is 0 Å². The molecule has 36 valence electrons. The van der Waals surface area contributed by atoms with Gasteiger partial charge in [-0.1, -0.05) is 0 Å². The molecule has 0 amide bonds. The summed E-state index contributed by atoms with van der Waals surface area (Å²) >= 11 is 0. The predicted molar refractivity (Wildman–Crippen MR) is 0 cm³/mol. The molecule has 0 aliphatic rings. The third-order valence-corrected chi connectivity index (χ3v) is 0. The van der Waals surface area contributed by atoms with Gasteiger partial charge in [-0.05, 0) is 0 Å². The van der Waals surface area contributed by atoms with Gasteiger partial charge in [0.25, 0.3) is 0 Å². The normalized spacial score (nSPS) is 0. The molecule has 0 aromatic carbocycles. The smallest absolute Gasteiger partial charge is 0 e. The van der Waals surface area contributed by atoms with Gasteiger partial charge >= 0.3 is 0 Å². The Bertz CT molecular complexity index is 8.00. The second-order valence-electron chi connectivity index (χ2n) is 0. The van der Waals surface area contributed by atoms with Gasteiger partial charge in [-0.15, -0.1) is 0 Å². The van der Waals surface area contributed by atoms with E-state index in [2.05, 4.69) is 0 Å². The quantitative estimate of drug-likeness (QED) is 0.469. The van der Waals surface area contributed by atoms with E-state index in [0.717, 1.165) is 0 Å². The van der Waals surface area contributed by atoms with Crippen molar-refractivity contribution in [3.63, 3.8) is 0 Å². The van der Waals surface area contributed by atoms with Crippen LogP contribution in [0.1, 0.15) is 0 Å². The van der Waals surface area contributed by atoms with E-state index < -0.39 is 0 Å². The van der Waals surface area contributed by atoms with Gasteiger partial charge in [-0.3, -0.25) is 0 Å². The summed E-state index contributed by atoms with van der Waals surface area (Å²) in [4.78, 5) is 0. The fourth-order valence-electron chi connectivity index (χ4n) is 0. The zero-order chi connectivity index (χ0) is 0. The second kappa shape index (κ2) is 16.0. The summed E-state index contributed by atoms with van der Waals surface area (Å²) in [5.74, 6) is 0. The van der Waals surface area contributed by atoms with Crippen molar-refractivity contribution in [2.75, 3.05) is 0 Å². The van der Waals surface area contributed by atoms with Gasteiger partial charge < -0.3 is 0 Å². The average molecular weight is 436 g/mol. The first-order chi connectivity index (χ1) is 0. The third kappa shape index (κ3) is 9.14. The SMILES string of the molecule is [Co].[Dy].[Fe].[Tb]. The van der Waals surface area contributed by atoms with Crippen molar-refractivity contribution in [1.29, 1.82) is 0 Å². The van der Waals surface area contributed by atoms with Crippen molar-refractivity contribution < 1.29 is 111 Å². The molecule has 0 aliphatic heterocycles. The summed E-state index contributed by atoms with van der Waals surface area (Å²) in [6.07, 6.45) is 0. The minimum Gasteiger partial charge on any atom is 0 e. The number of hydrogen-bond donors (Lipinski definition) is 0. The summed E-state index contributed by atoms with van der Waals surface area (Å²) in [6, 6.07) is 0. The molecule has 4 heteroatoms. The number of hydrogen-bond acceptors (Lipinski definition) is 0. The first-order valence-corrected chi connectivity index (χ1v) is 0. The zero-order valence-electron chi connectivity index (χ0n) is 1.34. The van der Waals surface area contributed by atoms with Crippen LogP contribution >= 0.6 is 0 Å². The van der Waals surface area contributed by atoms with E-state index in [1.54, 1.807) is 0 Å². The van der Waals surface area contributed by atoms with Crippen LogP contribution in [0.4, 0.5) is 0 Å². The molecule has 0 bridgehead atoms. The van der Waals surface area contributed by atoms with E-state index in [-0.39, 0.29) is 111 Å². The Morgan fingerprint density at radius 2 is 1.00 bits per heavy atom. The van der Waals surface area contributed by atoms with Crippen LogP contribution in [0, 0.1) is 76.8 Å². The van der Waals surface area contributed by atoms with Crippen LogP contribution in [-0.4, -0.2) is 0 Å². The minimum atomic E-state index is 0. The molecule has 0 aromatic heterocycles. The molecule has 0 saturated heterocycles. The third-order valence-electron chi connectivity index (χ3n) is 0. The van der Waals surface area contributed by atoms with Gasteiger partial charge in [0.05, 0.1) is 0 Å². The Balaban J connectivity index is 0. The topological polar surface area (TPSA) is 0 Å². The molecule has 0 fully saturated rings. The average Bonchev–Trinajstić information content (AvgIpc) is 0. The molecule has 4 heavy (non-hydrogen) atoms. The Labute approximate surface area is 108 Å². The predicted octanol–water partition coefficient (Wildman–Crippen LogP) is -0.00500. The van der Waals surface area contributed by atoms with E-state index in [9.17, 15) is 0 Å². The Morgan fingerprint density at radius 3 is 1.00 bits per heavy atom. The molecule has 0 atom stereocenters. The van der Waals surface area contributed by atoms with Crippen molar-refractivity contribution >= 4 is 0 Å². The Hall–Kier alpha value is 3.58. The first kappa shape index (κ1) is 25.6. The fraction of sp³-hybridized carbons (Fsp3) is 0. The van der Waals surface area contributed by atoms with Crippen molar-refractivity contribution in [2.24, 2.45) is 0 Å².